The first-order valence-electron chi connectivity index (χ1n) is 11.2. The average Bonchev–Trinajstić information content (AvgIpc) is 3.50. The lowest BCUT2D eigenvalue weighted by molar-refractivity contribution is 0.224. The molecule has 2 aromatic heterocycles. The van der Waals surface area contributed by atoms with E-state index in [9.17, 15) is 8.42 Å². The van der Waals surface area contributed by atoms with Crippen LogP contribution in [-0.4, -0.2) is 29.5 Å². The monoisotopic (exact) mass is 542 g/mol. The maximum absolute atomic E-state index is 11.1. The summed E-state index contributed by atoms with van der Waals surface area (Å²) in [4.78, 5) is 9.59. The molecule has 36 heavy (non-hydrogen) atoms. The molecule has 3 N–H and O–H groups in total. The Labute approximate surface area is 218 Å². The van der Waals surface area contributed by atoms with Gasteiger partial charge in [0.15, 0.2) is 5.13 Å². The zero-order valence-corrected chi connectivity index (χ0v) is 22.0. The molecule has 0 fully saturated rings. The molecule has 0 saturated carbocycles. The van der Waals surface area contributed by atoms with Crippen LogP contribution in [0, 0.1) is 0 Å². The van der Waals surface area contributed by atoms with E-state index in [4.69, 9.17) is 19.3 Å². The van der Waals surface area contributed by atoms with Crippen LogP contribution in [0.1, 0.15) is 29.9 Å². The van der Waals surface area contributed by atoms with Crippen LogP contribution >= 0.6 is 22.7 Å². The molecular weight excluding hydrogens is 517 g/mol. The molecule has 0 aliphatic heterocycles. The van der Waals surface area contributed by atoms with Crippen LogP contribution in [0.4, 0.5) is 10.8 Å². The molecule has 188 valence electrons. The third kappa shape index (κ3) is 7.37. The van der Waals surface area contributed by atoms with Crippen molar-refractivity contribution in [1.82, 2.24) is 9.97 Å². The Kier molecular flexibility index (Phi) is 8.36. The second-order valence-corrected chi connectivity index (χ2v) is 10.8. The molecule has 11 heteroatoms. The predicted octanol–water partition coefficient (Wildman–Crippen LogP) is 5.97. The van der Waals surface area contributed by atoms with Crippen molar-refractivity contribution in [2.45, 2.75) is 25.8 Å². The first-order valence-corrected chi connectivity index (χ1v) is 14.4. The first kappa shape index (κ1) is 25.8. The molecule has 0 saturated heterocycles. The van der Waals surface area contributed by atoms with Crippen molar-refractivity contribution in [2.75, 3.05) is 16.6 Å². The number of rotatable bonds is 12. The minimum absolute atomic E-state index is 0.173. The van der Waals surface area contributed by atoms with Gasteiger partial charge in [0, 0.05) is 22.7 Å². The van der Waals surface area contributed by atoms with E-state index in [0.29, 0.717) is 25.2 Å². The highest BCUT2D eigenvalue weighted by Crippen LogP contribution is 2.31. The topological polar surface area (TPSA) is 113 Å². The van der Waals surface area contributed by atoms with Gasteiger partial charge < -0.3 is 10.1 Å². The van der Waals surface area contributed by atoms with E-state index in [-0.39, 0.29) is 11.7 Å². The van der Waals surface area contributed by atoms with Gasteiger partial charge in [0.05, 0.1) is 35.5 Å². The number of hydrogen-bond acceptors (Lipinski definition) is 8. The summed E-state index contributed by atoms with van der Waals surface area (Å²) < 4.78 is 38.7. The maximum atomic E-state index is 11.1. The van der Waals surface area contributed by atoms with Gasteiger partial charge in [-0.25, -0.2) is 9.97 Å². The van der Waals surface area contributed by atoms with Crippen LogP contribution in [0.5, 0.6) is 0 Å². The number of thiazole rings is 2. The van der Waals surface area contributed by atoms with Gasteiger partial charge in [0.25, 0.3) is 0 Å². The van der Waals surface area contributed by atoms with Crippen LogP contribution in [-0.2, 0) is 27.9 Å². The number of allylic oxidation sites excluding steroid dienone is 1. The Bertz CT molecular complexity index is 1400. The zero-order valence-electron chi connectivity index (χ0n) is 19.5. The summed E-state index contributed by atoms with van der Waals surface area (Å²) in [5.41, 5.74) is 4.06. The second-order valence-electron chi connectivity index (χ2n) is 7.91. The van der Waals surface area contributed by atoms with Crippen LogP contribution in [0.2, 0.25) is 0 Å². The zero-order chi connectivity index (χ0) is 25.5. The third-order valence-corrected chi connectivity index (χ3v) is 7.34. The number of nitrogens with zero attached hydrogens (tertiary/aromatic N) is 2. The van der Waals surface area contributed by atoms with E-state index in [1.807, 2.05) is 60.1 Å². The summed E-state index contributed by atoms with van der Waals surface area (Å²) in [5, 5.41) is 9.23. The normalized spacial score (nSPS) is 12.2. The summed E-state index contributed by atoms with van der Waals surface area (Å²) >= 11 is 3.09. The molecule has 0 unspecified atom stereocenters. The number of benzene rings is 2. The minimum atomic E-state index is -4.32. The SMILES string of the molecule is C=C(Cc1csc(N[C@@H](Cc2ccc(NS(=O)(=O)O)cc2)c2csc(-c3ccccc3)n2)n1)OCC. The van der Waals surface area contributed by atoms with Crippen molar-refractivity contribution in [3.8, 4) is 10.6 Å². The van der Waals surface area contributed by atoms with E-state index >= 15 is 0 Å². The molecule has 4 rings (SSSR count). The molecular formula is C25H26N4O4S3. The Morgan fingerprint density at radius 2 is 1.83 bits per heavy atom. The summed E-state index contributed by atoms with van der Waals surface area (Å²) in [6, 6.07) is 16.7. The summed E-state index contributed by atoms with van der Waals surface area (Å²) in [6.07, 6.45) is 1.14. The predicted molar refractivity (Wildman–Crippen MR) is 146 cm³/mol. The second kappa shape index (κ2) is 11.7. The molecule has 0 radical (unpaired) electrons. The van der Waals surface area contributed by atoms with Crippen molar-refractivity contribution in [3.63, 3.8) is 0 Å². The van der Waals surface area contributed by atoms with Crippen LogP contribution in [0.15, 0.2) is 77.7 Å². The van der Waals surface area contributed by atoms with Crippen molar-refractivity contribution in [1.29, 1.82) is 0 Å². The summed E-state index contributed by atoms with van der Waals surface area (Å²) in [6.45, 7) is 6.42. The molecule has 2 aromatic carbocycles. The van der Waals surface area contributed by atoms with Gasteiger partial charge in [0.1, 0.15) is 5.01 Å². The van der Waals surface area contributed by atoms with Gasteiger partial charge in [-0.15, -0.1) is 22.7 Å². The van der Waals surface area contributed by atoms with Gasteiger partial charge in [-0.3, -0.25) is 9.27 Å². The highest BCUT2D eigenvalue weighted by atomic mass is 32.2. The summed E-state index contributed by atoms with van der Waals surface area (Å²) in [7, 11) is -4.32. The molecule has 0 spiro atoms. The van der Waals surface area contributed by atoms with E-state index in [1.165, 1.54) is 11.3 Å². The number of ether oxygens (including phenoxy) is 1. The lowest BCUT2D eigenvalue weighted by Crippen LogP contribution is -2.14. The molecule has 2 heterocycles. The lowest BCUT2D eigenvalue weighted by atomic mass is 10.0. The minimum Gasteiger partial charge on any atom is -0.498 e. The van der Waals surface area contributed by atoms with Crippen LogP contribution < -0.4 is 10.0 Å². The lowest BCUT2D eigenvalue weighted by Gasteiger charge is -2.17. The highest BCUT2D eigenvalue weighted by Gasteiger charge is 2.19. The number of nitrogens with one attached hydrogen (secondary N) is 2. The number of aromatic nitrogens is 2. The Hall–Kier alpha value is -3.25. The van der Waals surface area contributed by atoms with Gasteiger partial charge in [-0.05, 0) is 31.0 Å². The number of anilines is 2. The van der Waals surface area contributed by atoms with E-state index < -0.39 is 10.3 Å². The molecule has 0 aliphatic carbocycles. The highest BCUT2D eigenvalue weighted by molar-refractivity contribution is 7.87. The first-order chi connectivity index (χ1) is 17.3. The fourth-order valence-corrected chi connectivity index (χ4v) is 5.62. The molecule has 4 aromatic rings. The van der Waals surface area contributed by atoms with Gasteiger partial charge >= 0.3 is 10.3 Å². The van der Waals surface area contributed by atoms with Crippen molar-refractivity contribution < 1.29 is 17.7 Å². The Morgan fingerprint density at radius 3 is 2.53 bits per heavy atom. The molecule has 0 amide bonds. The quantitative estimate of drug-likeness (QED) is 0.149. The smallest absolute Gasteiger partial charge is 0.357 e. The standard InChI is InChI=1S/C25H26N4O4S3/c1-3-33-17(2)13-21-15-35-25(26-21)28-22(14-18-9-11-20(12-10-18)29-36(30,31)32)23-16-34-24(27-23)19-7-5-4-6-8-19/h4-12,15-16,22,29H,2-3,13-14H2,1H3,(H,26,28)(H,30,31,32)/t22-/m0/s1. The fraction of sp³-hybridized carbons (Fsp3) is 0.200. The molecule has 0 aliphatic rings. The van der Waals surface area contributed by atoms with Crippen molar-refractivity contribution in [2.24, 2.45) is 0 Å². The van der Waals surface area contributed by atoms with Crippen LogP contribution in [0.25, 0.3) is 10.6 Å². The maximum Gasteiger partial charge on any atom is 0.357 e. The van der Waals surface area contributed by atoms with Crippen molar-refractivity contribution in [3.05, 3.63) is 94.6 Å². The van der Waals surface area contributed by atoms with E-state index in [0.717, 1.165) is 32.7 Å². The van der Waals surface area contributed by atoms with E-state index in [2.05, 4.69) is 16.6 Å². The molecule has 1 atom stereocenters. The summed E-state index contributed by atoms with van der Waals surface area (Å²) in [5.74, 6) is 0.677. The Morgan fingerprint density at radius 1 is 1.08 bits per heavy atom. The Balaban J connectivity index is 1.56. The van der Waals surface area contributed by atoms with Gasteiger partial charge in [-0.1, -0.05) is 49.0 Å². The molecule has 0 bridgehead atoms. The average molecular weight is 543 g/mol. The fourth-order valence-electron chi connectivity index (χ4n) is 3.54. The van der Waals surface area contributed by atoms with Crippen LogP contribution in [0.3, 0.4) is 0 Å². The largest absolute Gasteiger partial charge is 0.498 e. The molecule has 8 nitrogen and oxygen atoms in total. The van der Waals surface area contributed by atoms with Gasteiger partial charge in [-0.2, -0.15) is 8.42 Å². The number of hydrogen-bond donors (Lipinski definition) is 3. The van der Waals surface area contributed by atoms with Crippen molar-refractivity contribution >= 4 is 43.8 Å². The van der Waals surface area contributed by atoms with E-state index in [1.54, 1.807) is 23.5 Å². The third-order valence-electron chi connectivity index (χ3n) is 5.12. The van der Waals surface area contributed by atoms with Gasteiger partial charge in [0.2, 0.25) is 0 Å².